The van der Waals surface area contributed by atoms with Crippen molar-refractivity contribution in [2.45, 2.75) is 25.4 Å². The maximum atomic E-state index is 13.0. The van der Waals surface area contributed by atoms with Crippen molar-refractivity contribution in [3.63, 3.8) is 0 Å². The van der Waals surface area contributed by atoms with Crippen molar-refractivity contribution in [3.05, 3.63) is 59.2 Å². The Kier molecular flexibility index (Phi) is 6.34. The quantitative estimate of drug-likeness (QED) is 0.785. The molecule has 1 aliphatic heterocycles. The predicted molar refractivity (Wildman–Crippen MR) is 110 cm³/mol. The Hall–Kier alpha value is -3.03. The highest BCUT2D eigenvalue weighted by atomic mass is 19.4. The minimum Gasteiger partial charge on any atom is -0.377 e. The van der Waals surface area contributed by atoms with Crippen LogP contribution in [0.1, 0.15) is 45.5 Å². The number of carbonyl (C=O) groups excluding carboxylic acids is 2. The molecule has 0 spiro atoms. The van der Waals surface area contributed by atoms with Crippen molar-refractivity contribution in [2.75, 3.05) is 37.4 Å². The Balaban J connectivity index is 1.86. The molecule has 1 heterocycles. The standard InChI is InChI=1S/C22H24F3N3O2/c1-27(2)19-10-9-17(14-18(19)21(30)28-11-4-3-5-12-28)26-20(29)15-7-6-8-16(13-15)22(23,24)25/h6-10,13-14H,3-5,11-12H2,1-2H3,(H,26,29). The number of halogens is 3. The van der Waals surface area contributed by atoms with Crippen LogP contribution in [0.4, 0.5) is 24.5 Å². The molecule has 3 rings (SSSR count). The van der Waals surface area contributed by atoms with E-state index in [1.807, 2.05) is 19.0 Å². The minimum atomic E-state index is -4.53. The van der Waals surface area contributed by atoms with Gasteiger partial charge in [-0.25, -0.2) is 0 Å². The second kappa shape index (κ2) is 8.77. The lowest BCUT2D eigenvalue weighted by Gasteiger charge is -2.28. The zero-order valence-corrected chi connectivity index (χ0v) is 16.9. The highest BCUT2D eigenvalue weighted by molar-refractivity contribution is 6.06. The van der Waals surface area contributed by atoms with Gasteiger partial charge in [-0.2, -0.15) is 13.2 Å². The molecule has 2 aromatic rings. The van der Waals surface area contributed by atoms with Gasteiger partial charge in [0.25, 0.3) is 11.8 Å². The van der Waals surface area contributed by atoms with Crippen LogP contribution in [-0.4, -0.2) is 43.9 Å². The number of amides is 2. The Morgan fingerprint density at radius 3 is 2.33 bits per heavy atom. The topological polar surface area (TPSA) is 52.7 Å². The van der Waals surface area contributed by atoms with Crippen molar-refractivity contribution in [3.8, 4) is 0 Å². The van der Waals surface area contributed by atoms with E-state index in [4.69, 9.17) is 0 Å². The predicted octanol–water partition coefficient (Wildman–Crippen LogP) is 4.65. The molecular weight excluding hydrogens is 395 g/mol. The van der Waals surface area contributed by atoms with E-state index in [9.17, 15) is 22.8 Å². The fourth-order valence-electron chi connectivity index (χ4n) is 3.48. The number of benzene rings is 2. The molecule has 0 aliphatic carbocycles. The zero-order chi connectivity index (χ0) is 21.9. The van der Waals surface area contributed by atoms with Crippen LogP contribution in [0.5, 0.6) is 0 Å². The number of anilines is 2. The average Bonchev–Trinajstić information content (AvgIpc) is 2.73. The highest BCUT2D eigenvalue weighted by Gasteiger charge is 2.31. The molecule has 1 aliphatic rings. The summed E-state index contributed by atoms with van der Waals surface area (Å²) in [5.41, 5.74) is 0.513. The van der Waals surface area contributed by atoms with Gasteiger partial charge in [0.2, 0.25) is 0 Å². The van der Waals surface area contributed by atoms with Gasteiger partial charge in [0, 0.05) is 44.1 Å². The van der Waals surface area contributed by atoms with E-state index in [1.54, 1.807) is 23.1 Å². The van der Waals surface area contributed by atoms with Crippen molar-refractivity contribution >= 4 is 23.2 Å². The lowest BCUT2D eigenvalue weighted by atomic mass is 10.1. The number of rotatable bonds is 4. The smallest absolute Gasteiger partial charge is 0.377 e. The van der Waals surface area contributed by atoms with Crippen molar-refractivity contribution in [1.82, 2.24) is 4.90 Å². The molecule has 0 aromatic heterocycles. The van der Waals surface area contributed by atoms with E-state index in [2.05, 4.69) is 5.32 Å². The van der Waals surface area contributed by atoms with Gasteiger partial charge in [0.1, 0.15) is 0 Å². The normalized spacial score (nSPS) is 14.4. The molecule has 30 heavy (non-hydrogen) atoms. The molecule has 1 N–H and O–H groups in total. The van der Waals surface area contributed by atoms with Gasteiger partial charge in [-0.3, -0.25) is 9.59 Å². The summed E-state index contributed by atoms with van der Waals surface area (Å²) in [5.74, 6) is -0.788. The first-order valence-electron chi connectivity index (χ1n) is 9.76. The van der Waals surface area contributed by atoms with Crippen molar-refractivity contribution in [1.29, 1.82) is 0 Å². The van der Waals surface area contributed by atoms with E-state index in [1.165, 1.54) is 12.1 Å². The summed E-state index contributed by atoms with van der Waals surface area (Å²) in [6.45, 7) is 1.37. The van der Waals surface area contributed by atoms with Crippen LogP contribution >= 0.6 is 0 Å². The average molecular weight is 419 g/mol. The van der Waals surface area contributed by atoms with E-state index in [-0.39, 0.29) is 11.5 Å². The Bertz CT molecular complexity index is 935. The van der Waals surface area contributed by atoms with Gasteiger partial charge in [0.05, 0.1) is 11.1 Å². The van der Waals surface area contributed by atoms with Gasteiger partial charge < -0.3 is 15.1 Å². The van der Waals surface area contributed by atoms with Crippen LogP contribution < -0.4 is 10.2 Å². The number of likely N-dealkylation sites (tertiary alicyclic amines) is 1. The van der Waals surface area contributed by atoms with Gasteiger partial charge >= 0.3 is 6.18 Å². The maximum absolute atomic E-state index is 13.0. The van der Waals surface area contributed by atoms with Crippen molar-refractivity contribution in [2.24, 2.45) is 0 Å². The van der Waals surface area contributed by atoms with E-state index < -0.39 is 17.6 Å². The minimum absolute atomic E-state index is 0.106. The van der Waals surface area contributed by atoms with Crippen LogP contribution in [-0.2, 0) is 6.18 Å². The third kappa shape index (κ3) is 4.93. The van der Waals surface area contributed by atoms with E-state index in [0.29, 0.717) is 30.0 Å². The second-order valence-electron chi connectivity index (χ2n) is 7.51. The van der Waals surface area contributed by atoms with Gasteiger partial charge in [-0.05, 0) is 55.7 Å². The molecule has 0 bridgehead atoms. The Morgan fingerprint density at radius 2 is 1.70 bits per heavy atom. The molecule has 2 aromatic carbocycles. The fourth-order valence-corrected chi connectivity index (χ4v) is 3.48. The number of hydrogen-bond acceptors (Lipinski definition) is 3. The second-order valence-corrected chi connectivity index (χ2v) is 7.51. The van der Waals surface area contributed by atoms with Crippen molar-refractivity contribution < 1.29 is 22.8 Å². The zero-order valence-electron chi connectivity index (χ0n) is 16.9. The van der Waals surface area contributed by atoms with Crippen LogP contribution in [0, 0.1) is 0 Å². The summed E-state index contributed by atoms with van der Waals surface area (Å²) in [4.78, 5) is 29.2. The Labute approximate surface area is 173 Å². The number of alkyl halides is 3. The molecule has 5 nitrogen and oxygen atoms in total. The number of piperidine rings is 1. The third-order valence-electron chi connectivity index (χ3n) is 5.06. The molecule has 0 radical (unpaired) electrons. The summed E-state index contributed by atoms with van der Waals surface area (Å²) in [5, 5.41) is 2.61. The highest BCUT2D eigenvalue weighted by Crippen LogP contribution is 2.30. The maximum Gasteiger partial charge on any atom is 0.416 e. The summed E-state index contributed by atoms with van der Waals surface area (Å²) in [6.07, 6.45) is -1.53. The SMILES string of the molecule is CN(C)c1ccc(NC(=O)c2cccc(C(F)(F)F)c2)cc1C(=O)N1CCCCC1. The van der Waals surface area contributed by atoms with Gasteiger partial charge in [-0.1, -0.05) is 6.07 Å². The summed E-state index contributed by atoms with van der Waals surface area (Å²) in [7, 11) is 3.65. The molecule has 1 fully saturated rings. The molecule has 0 unspecified atom stereocenters. The molecular formula is C22H24F3N3O2. The monoisotopic (exact) mass is 419 g/mol. The first-order chi connectivity index (χ1) is 14.2. The summed E-state index contributed by atoms with van der Waals surface area (Å²) in [6, 6.07) is 9.17. The summed E-state index contributed by atoms with van der Waals surface area (Å²) < 4.78 is 38.8. The van der Waals surface area contributed by atoms with E-state index in [0.717, 1.165) is 31.4 Å². The van der Waals surface area contributed by atoms with Crippen LogP contribution in [0.25, 0.3) is 0 Å². The molecule has 8 heteroatoms. The Morgan fingerprint density at radius 1 is 1.00 bits per heavy atom. The molecule has 1 saturated heterocycles. The van der Waals surface area contributed by atoms with Crippen LogP contribution in [0.3, 0.4) is 0 Å². The summed E-state index contributed by atoms with van der Waals surface area (Å²) >= 11 is 0. The van der Waals surface area contributed by atoms with Gasteiger partial charge in [0.15, 0.2) is 0 Å². The first kappa shape index (κ1) is 21.7. The number of nitrogens with one attached hydrogen (secondary N) is 1. The number of carbonyl (C=O) groups is 2. The molecule has 0 saturated carbocycles. The first-order valence-corrected chi connectivity index (χ1v) is 9.76. The van der Waals surface area contributed by atoms with Crippen LogP contribution in [0.2, 0.25) is 0 Å². The lowest BCUT2D eigenvalue weighted by Crippen LogP contribution is -2.36. The van der Waals surface area contributed by atoms with E-state index >= 15 is 0 Å². The largest absolute Gasteiger partial charge is 0.416 e. The fraction of sp³-hybridized carbons (Fsp3) is 0.364. The molecule has 160 valence electrons. The number of hydrogen-bond donors (Lipinski definition) is 1. The van der Waals surface area contributed by atoms with Gasteiger partial charge in [-0.15, -0.1) is 0 Å². The molecule has 2 amide bonds. The third-order valence-corrected chi connectivity index (χ3v) is 5.06. The molecule has 0 atom stereocenters. The number of nitrogens with zero attached hydrogens (tertiary/aromatic N) is 2. The lowest BCUT2D eigenvalue weighted by molar-refractivity contribution is -0.137. The van der Waals surface area contributed by atoms with Crippen LogP contribution in [0.15, 0.2) is 42.5 Å².